The third kappa shape index (κ3) is 3.99. The first-order valence-corrected chi connectivity index (χ1v) is 8.82. The Kier molecular flexibility index (Phi) is 5.17. The smallest absolute Gasteiger partial charge is 0.275 e. The second-order valence-corrected chi connectivity index (χ2v) is 6.73. The van der Waals surface area contributed by atoms with Crippen LogP contribution in [-0.2, 0) is 11.3 Å². The maximum absolute atomic E-state index is 12.3. The molecule has 0 saturated heterocycles. The number of hydrogen-bond acceptors (Lipinski definition) is 7. The van der Waals surface area contributed by atoms with Crippen LogP contribution in [0.1, 0.15) is 18.2 Å². The Morgan fingerprint density at radius 1 is 1.38 bits per heavy atom. The van der Waals surface area contributed by atoms with Gasteiger partial charge in [-0.15, -0.1) is 5.10 Å². The van der Waals surface area contributed by atoms with E-state index in [-0.39, 0.29) is 11.5 Å². The highest BCUT2D eigenvalue weighted by Crippen LogP contribution is 2.17. The maximum Gasteiger partial charge on any atom is 0.275 e. The molecule has 1 aromatic carbocycles. The molecule has 0 aliphatic heterocycles. The van der Waals surface area contributed by atoms with Crippen LogP contribution in [0.15, 0.2) is 35.1 Å². The van der Waals surface area contributed by atoms with Gasteiger partial charge in [-0.3, -0.25) is 9.59 Å². The van der Waals surface area contributed by atoms with E-state index in [1.54, 1.807) is 21.0 Å². The van der Waals surface area contributed by atoms with Crippen molar-refractivity contribution in [1.29, 1.82) is 0 Å². The number of methoxy groups -OCH3 is 1. The van der Waals surface area contributed by atoms with Gasteiger partial charge in [0.05, 0.1) is 7.11 Å². The Balaban J connectivity index is 1.63. The first-order chi connectivity index (χ1) is 12.5. The molecule has 0 radical (unpaired) electrons. The molecule has 2 aromatic heterocycles. The van der Waals surface area contributed by atoms with Crippen molar-refractivity contribution in [3.8, 4) is 5.75 Å². The maximum atomic E-state index is 12.3. The third-order valence-electron chi connectivity index (χ3n) is 3.71. The number of benzene rings is 1. The summed E-state index contributed by atoms with van der Waals surface area (Å²) >= 11 is 1.22. The lowest BCUT2D eigenvalue weighted by Crippen LogP contribution is -2.37. The number of nitrogens with one attached hydrogen (secondary N) is 2. The van der Waals surface area contributed by atoms with Gasteiger partial charge >= 0.3 is 0 Å². The van der Waals surface area contributed by atoms with Crippen LogP contribution in [0, 0.1) is 6.92 Å². The number of carbonyl (C=O) groups excluding carboxylic acids is 1. The fourth-order valence-electron chi connectivity index (χ4n) is 2.35. The van der Waals surface area contributed by atoms with Crippen LogP contribution in [0.2, 0.25) is 0 Å². The van der Waals surface area contributed by atoms with Crippen molar-refractivity contribution in [3.63, 3.8) is 0 Å². The average molecular weight is 373 g/mol. The minimum Gasteiger partial charge on any atom is -0.497 e. The standard InChI is InChI=1S/C17H19N5O3S/c1-10-7-14(23)22-17(19-10)26-16(21-22)20-11(2)15(24)18-9-12-5-4-6-13(8-12)25-3/h4-8,11H,9H2,1-3H3,(H,18,24)(H,20,21). The molecule has 0 aliphatic carbocycles. The van der Waals surface area contributed by atoms with Crippen molar-refractivity contribution in [2.75, 3.05) is 12.4 Å². The summed E-state index contributed by atoms with van der Waals surface area (Å²) in [6.07, 6.45) is 0. The van der Waals surface area contributed by atoms with Crippen LogP contribution in [0.4, 0.5) is 5.13 Å². The van der Waals surface area contributed by atoms with E-state index in [0.717, 1.165) is 11.3 Å². The van der Waals surface area contributed by atoms with Gasteiger partial charge in [-0.2, -0.15) is 4.52 Å². The van der Waals surface area contributed by atoms with Crippen LogP contribution in [0.25, 0.3) is 4.96 Å². The van der Waals surface area contributed by atoms with E-state index in [9.17, 15) is 9.59 Å². The molecule has 2 heterocycles. The Morgan fingerprint density at radius 3 is 2.96 bits per heavy atom. The quantitative estimate of drug-likeness (QED) is 0.681. The van der Waals surface area contributed by atoms with Crippen molar-refractivity contribution in [2.45, 2.75) is 26.4 Å². The van der Waals surface area contributed by atoms with Crippen LogP contribution < -0.4 is 20.9 Å². The molecule has 136 valence electrons. The van der Waals surface area contributed by atoms with Crippen molar-refractivity contribution >= 4 is 27.3 Å². The number of amides is 1. The molecule has 26 heavy (non-hydrogen) atoms. The summed E-state index contributed by atoms with van der Waals surface area (Å²) in [5.74, 6) is 0.564. The van der Waals surface area contributed by atoms with E-state index in [1.807, 2.05) is 24.3 Å². The number of aryl methyl sites for hydroxylation is 1. The van der Waals surface area contributed by atoms with Gasteiger partial charge in [-0.25, -0.2) is 4.98 Å². The number of aromatic nitrogens is 3. The summed E-state index contributed by atoms with van der Waals surface area (Å²) in [5.41, 5.74) is 1.33. The van der Waals surface area contributed by atoms with Crippen molar-refractivity contribution in [2.24, 2.45) is 0 Å². The van der Waals surface area contributed by atoms with E-state index in [0.29, 0.717) is 22.3 Å². The second kappa shape index (κ2) is 7.52. The lowest BCUT2D eigenvalue weighted by atomic mass is 10.2. The minimum absolute atomic E-state index is 0.177. The SMILES string of the molecule is COc1cccc(CNC(=O)C(C)Nc2nn3c(=O)cc(C)nc3s2)c1. The molecule has 8 nitrogen and oxygen atoms in total. The molecule has 1 atom stereocenters. The summed E-state index contributed by atoms with van der Waals surface area (Å²) in [7, 11) is 1.60. The molecule has 1 amide bonds. The van der Waals surface area contributed by atoms with E-state index in [1.165, 1.54) is 21.9 Å². The summed E-state index contributed by atoms with van der Waals surface area (Å²) in [5, 5.41) is 10.5. The molecule has 3 rings (SSSR count). The summed E-state index contributed by atoms with van der Waals surface area (Å²) in [6, 6.07) is 8.40. The highest BCUT2D eigenvalue weighted by Gasteiger charge is 2.15. The summed E-state index contributed by atoms with van der Waals surface area (Å²) < 4.78 is 6.39. The van der Waals surface area contributed by atoms with Gasteiger partial charge in [0, 0.05) is 18.3 Å². The first-order valence-electron chi connectivity index (χ1n) is 8.01. The fraction of sp³-hybridized carbons (Fsp3) is 0.294. The minimum atomic E-state index is -0.516. The van der Waals surface area contributed by atoms with Gasteiger partial charge in [0.1, 0.15) is 11.8 Å². The van der Waals surface area contributed by atoms with Gasteiger partial charge in [0.15, 0.2) is 0 Å². The van der Waals surface area contributed by atoms with Gasteiger partial charge < -0.3 is 15.4 Å². The lowest BCUT2D eigenvalue weighted by molar-refractivity contribution is -0.121. The van der Waals surface area contributed by atoms with E-state index in [4.69, 9.17) is 4.74 Å². The van der Waals surface area contributed by atoms with Crippen LogP contribution in [-0.4, -0.2) is 33.7 Å². The first kappa shape index (κ1) is 17.9. The Morgan fingerprint density at radius 2 is 2.19 bits per heavy atom. The highest BCUT2D eigenvalue weighted by atomic mass is 32.1. The zero-order valence-corrected chi connectivity index (χ0v) is 15.5. The molecule has 0 aliphatic rings. The van der Waals surface area contributed by atoms with E-state index >= 15 is 0 Å². The molecule has 0 spiro atoms. The Bertz CT molecular complexity index is 997. The second-order valence-electron chi connectivity index (χ2n) is 5.77. The van der Waals surface area contributed by atoms with E-state index in [2.05, 4.69) is 20.7 Å². The van der Waals surface area contributed by atoms with Crippen molar-refractivity contribution in [1.82, 2.24) is 19.9 Å². The topological polar surface area (TPSA) is 97.6 Å². The van der Waals surface area contributed by atoms with Gasteiger partial charge in [-0.05, 0) is 31.5 Å². The summed E-state index contributed by atoms with van der Waals surface area (Å²) in [6.45, 7) is 3.87. The normalized spacial score (nSPS) is 12.0. The molecule has 0 fully saturated rings. The number of ether oxygens (including phenoxy) is 1. The Hall–Kier alpha value is -2.94. The van der Waals surface area contributed by atoms with Crippen molar-refractivity contribution < 1.29 is 9.53 Å². The largest absolute Gasteiger partial charge is 0.497 e. The average Bonchev–Trinajstić information content (AvgIpc) is 3.02. The molecule has 0 saturated carbocycles. The number of anilines is 1. The molecule has 2 N–H and O–H groups in total. The number of nitrogens with zero attached hydrogens (tertiary/aromatic N) is 3. The molecule has 0 bridgehead atoms. The van der Waals surface area contributed by atoms with E-state index < -0.39 is 6.04 Å². The highest BCUT2D eigenvalue weighted by molar-refractivity contribution is 7.20. The predicted octanol–water partition coefficient (Wildman–Crippen LogP) is 1.58. The number of fused-ring (bicyclic) bond motifs is 1. The zero-order chi connectivity index (χ0) is 18.7. The molecular weight excluding hydrogens is 354 g/mol. The number of carbonyl (C=O) groups is 1. The van der Waals surface area contributed by atoms with Gasteiger partial charge in [-0.1, -0.05) is 23.5 Å². The van der Waals surface area contributed by atoms with Crippen LogP contribution >= 0.6 is 11.3 Å². The molecule has 9 heteroatoms. The molecule has 3 aromatic rings. The third-order valence-corrected chi connectivity index (χ3v) is 4.55. The number of rotatable bonds is 6. The zero-order valence-electron chi connectivity index (χ0n) is 14.6. The fourth-order valence-corrected chi connectivity index (χ4v) is 3.29. The lowest BCUT2D eigenvalue weighted by Gasteiger charge is -2.13. The Labute approximate surface area is 153 Å². The molecule has 1 unspecified atom stereocenters. The molecular formula is C17H19N5O3S. The number of hydrogen-bond donors (Lipinski definition) is 2. The van der Waals surface area contributed by atoms with Gasteiger partial charge in [0.25, 0.3) is 5.56 Å². The van der Waals surface area contributed by atoms with Gasteiger partial charge in [0.2, 0.25) is 16.0 Å². The van der Waals surface area contributed by atoms with Crippen LogP contribution in [0.3, 0.4) is 0 Å². The van der Waals surface area contributed by atoms with Crippen LogP contribution in [0.5, 0.6) is 5.75 Å². The summed E-state index contributed by atoms with van der Waals surface area (Å²) in [4.78, 5) is 28.9. The predicted molar refractivity (Wildman–Crippen MR) is 99.8 cm³/mol. The van der Waals surface area contributed by atoms with Crippen molar-refractivity contribution in [3.05, 3.63) is 51.9 Å². The monoisotopic (exact) mass is 373 g/mol.